The molecule has 0 saturated heterocycles. The highest BCUT2D eigenvalue weighted by atomic mass is 16.1. The highest BCUT2D eigenvalue weighted by molar-refractivity contribution is 5.92. The second-order valence-electron chi connectivity index (χ2n) is 5.65. The highest BCUT2D eigenvalue weighted by Crippen LogP contribution is 2.23. The second-order valence-corrected chi connectivity index (χ2v) is 5.65. The highest BCUT2D eigenvalue weighted by Gasteiger charge is 2.20. The molecule has 0 aromatic carbocycles. The summed E-state index contributed by atoms with van der Waals surface area (Å²) in [5.74, 6) is 1.33. The van der Waals surface area contributed by atoms with Crippen molar-refractivity contribution in [1.29, 1.82) is 0 Å². The lowest BCUT2D eigenvalue weighted by Gasteiger charge is -2.26. The Balaban J connectivity index is 1.91. The molecule has 1 aliphatic carbocycles. The third-order valence-electron chi connectivity index (χ3n) is 3.77. The van der Waals surface area contributed by atoms with Crippen LogP contribution in [0.2, 0.25) is 0 Å². The zero-order valence-corrected chi connectivity index (χ0v) is 12.4. The van der Waals surface area contributed by atoms with E-state index < -0.39 is 0 Å². The van der Waals surface area contributed by atoms with Gasteiger partial charge in [0.1, 0.15) is 11.5 Å². The van der Waals surface area contributed by atoms with E-state index in [4.69, 9.17) is 0 Å². The number of anilines is 1. The maximum Gasteiger partial charge on any atom is 0.271 e. The van der Waals surface area contributed by atoms with E-state index in [2.05, 4.69) is 34.4 Å². The van der Waals surface area contributed by atoms with Crippen molar-refractivity contribution in [3.05, 3.63) is 18.1 Å². The van der Waals surface area contributed by atoms with Crippen molar-refractivity contribution in [3.8, 4) is 0 Å². The maximum absolute atomic E-state index is 12.2. The fourth-order valence-electron chi connectivity index (χ4n) is 2.48. The summed E-state index contributed by atoms with van der Waals surface area (Å²) in [6, 6.07) is 0.285. The molecule has 5 heteroatoms. The van der Waals surface area contributed by atoms with Crippen LogP contribution in [0.4, 0.5) is 5.82 Å². The summed E-state index contributed by atoms with van der Waals surface area (Å²) in [5.41, 5.74) is 0.393. The van der Waals surface area contributed by atoms with Crippen molar-refractivity contribution in [3.63, 3.8) is 0 Å². The van der Waals surface area contributed by atoms with E-state index in [1.807, 2.05) is 0 Å². The molecule has 0 spiro atoms. The number of hydrogen-bond acceptors (Lipinski definition) is 4. The molecule has 1 saturated carbocycles. The van der Waals surface area contributed by atoms with Gasteiger partial charge in [0, 0.05) is 12.6 Å². The Morgan fingerprint density at radius 3 is 2.75 bits per heavy atom. The summed E-state index contributed by atoms with van der Waals surface area (Å²) in [6.07, 6.45) is 8.69. The Labute approximate surface area is 120 Å². The predicted molar refractivity (Wildman–Crippen MR) is 79.7 cm³/mol. The number of amides is 1. The van der Waals surface area contributed by atoms with Crippen molar-refractivity contribution in [2.45, 2.75) is 52.0 Å². The first-order chi connectivity index (χ1) is 9.69. The van der Waals surface area contributed by atoms with Crippen molar-refractivity contribution in [2.75, 3.05) is 11.9 Å². The standard InChI is InChI=1S/C15H24N4O/c1-3-8-17-14-10-16-9-13(19-14)15(20)18-12-6-4-11(2)5-7-12/h9-12H,3-8H2,1-2H3,(H,17,19)(H,18,20). The molecule has 5 nitrogen and oxygen atoms in total. The molecule has 2 N–H and O–H groups in total. The van der Waals surface area contributed by atoms with E-state index in [9.17, 15) is 4.79 Å². The first-order valence-electron chi connectivity index (χ1n) is 7.55. The van der Waals surface area contributed by atoms with Crippen LogP contribution in [0.5, 0.6) is 0 Å². The molecule has 0 atom stereocenters. The topological polar surface area (TPSA) is 66.9 Å². The summed E-state index contributed by atoms with van der Waals surface area (Å²) in [6.45, 7) is 5.19. The minimum absolute atomic E-state index is 0.114. The van der Waals surface area contributed by atoms with Crippen LogP contribution in [0.15, 0.2) is 12.4 Å². The van der Waals surface area contributed by atoms with Crippen molar-refractivity contribution in [1.82, 2.24) is 15.3 Å². The first kappa shape index (κ1) is 14.8. The summed E-state index contributed by atoms with van der Waals surface area (Å²) in [4.78, 5) is 20.6. The smallest absolute Gasteiger partial charge is 0.271 e. The van der Waals surface area contributed by atoms with Gasteiger partial charge in [0.25, 0.3) is 5.91 Å². The Bertz CT molecular complexity index is 441. The van der Waals surface area contributed by atoms with Gasteiger partial charge < -0.3 is 10.6 Å². The third kappa shape index (κ3) is 4.18. The van der Waals surface area contributed by atoms with Gasteiger partial charge in [-0.1, -0.05) is 13.8 Å². The average Bonchev–Trinajstić information content (AvgIpc) is 2.48. The molecule has 1 aliphatic rings. The third-order valence-corrected chi connectivity index (χ3v) is 3.77. The van der Waals surface area contributed by atoms with E-state index in [1.165, 1.54) is 19.0 Å². The molecule has 0 aliphatic heterocycles. The van der Waals surface area contributed by atoms with Crippen LogP contribution in [-0.4, -0.2) is 28.5 Å². The molecule has 20 heavy (non-hydrogen) atoms. The Morgan fingerprint density at radius 2 is 2.05 bits per heavy atom. The van der Waals surface area contributed by atoms with E-state index in [0.717, 1.165) is 31.7 Å². The summed E-state index contributed by atoms with van der Waals surface area (Å²) in [5, 5.41) is 6.22. The molecule has 1 fully saturated rings. The number of nitrogens with one attached hydrogen (secondary N) is 2. The predicted octanol–water partition coefficient (Wildman–Crippen LogP) is 2.61. The van der Waals surface area contributed by atoms with E-state index in [0.29, 0.717) is 11.5 Å². The fraction of sp³-hybridized carbons (Fsp3) is 0.667. The van der Waals surface area contributed by atoms with Crippen LogP contribution < -0.4 is 10.6 Å². The van der Waals surface area contributed by atoms with E-state index in [-0.39, 0.29) is 11.9 Å². The molecule has 0 unspecified atom stereocenters. The number of carbonyl (C=O) groups is 1. The van der Waals surface area contributed by atoms with Crippen LogP contribution >= 0.6 is 0 Å². The zero-order chi connectivity index (χ0) is 14.4. The number of carbonyl (C=O) groups excluding carboxylic acids is 1. The van der Waals surface area contributed by atoms with E-state index >= 15 is 0 Å². The molecule has 1 amide bonds. The zero-order valence-electron chi connectivity index (χ0n) is 12.4. The van der Waals surface area contributed by atoms with Gasteiger partial charge in [-0.25, -0.2) is 4.98 Å². The second kappa shape index (κ2) is 7.22. The summed E-state index contributed by atoms with van der Waals surface area (Å²) < 4.78 is 0. The molecule has 0 radical (unpaired) electrons. The lowest BCUT2D eigenvalue weighted by molar-refractivity contribution is 0.0917. The maximum atomic E-state index is 12.2. The minimum Gasteiger partial charge on any atom is -0.369 e. The molecular weight excluding hydrogens is 252 g/mol. The monoisotopic (exact) mass is 276 g/mol. The van der Waals surface area contributed by atoms with Crippen molar-refractivity contribution in [2.24, 2.45) is 5.92 Å². The van der Waals surface area contributed by atoms with Gasteiger partial charge >= 0.3 is 0 Å². The Morgan fingerprint density at radius 1 is 1.30 bits per heavy atom. The van der Waals surface area contributed by atoms with Crippen LogP contribution in [0.3, 0.4) is 0 Å². The molecule has 0 bridgehead atoms. The minimum atomic E-state index is -0.114. The number of aromatic nitrogens is 2. The summed E-state index contributed by atoms with van der Waals surface area (Å²) in [7, 11) is 0. The van der Waals surface area contributed by atoms with Gasteiger partial charge in [-0.05, 0) is 38.0 Å². The van der Waals surface area contributed by atoms with Crippen LogP contribution in [0.25, 0.3) is 0 Å². The molecular formula is C15H24N4O. The van der Waals surface area contributed by atoms with Crippen molar-refractivity contribution < 1.29 is 4.79 Å². The molecule has 1 aromatic heterocycles. The van der Waals surface area contributed by atoms with Crippen molar-refractivity contribution >= 4 is 11.7 Å². The first-order valence-corrected chi connectivity index (χ1v) is 7.55. The fourth-order valence-corrected chi connectivity index (χ4v) is 2.48. The number of rotatable bonds is 5. The van der Waals surface area contributed by atoms with Gasteiger partial charge in [0.05, 0.1) is 12.4 Å². The van der Waals surface area contributed by atoms with Gasteiger partial charge in [-0.15, -0.1) is 0 Å². The summed E-state index contributed by atoms with van der Waals surface area (Å²) >= 11 is 0. The lowest BCUT2D eigenvalue weighted by atomic mass is 9.87. The molecule has 110 valence electrons. The molecule has 1 heterocycles. The number of nitrogens with zero attached hydrogens (tertiary/aromatic N) is 2. The van der Waals surface area contributed by atoms with Crippen LogP contribution in [0.1, 0.15) is 56.4 Å². The average molecular weight is 276 g/mol. The van der Waals surface area contributed by atoms with E-state index in [1.54, 1.807) is 6.20 Å². The quantitative estimate of drug-likeness (QED) is 0.867. The normalized spacial score (nSPS) is 22.3. The van der Waals surface area contributed by atoms with Crippen LogP contribution in [0, 0.1) is 5.92 Å². The van der Waals surface area contributed by atoms with Gasteiger partial charge in [0.2, 0.25) is 0 Å². The lowest BCUT2D eigenvalue weighted by Crippen LogP contribution is -2.37. The van der Waals surface area contributed by atoms with Crippen LogP contribution in [-0.2, 0) is 0 Å². The van der Waals surface area contributed by atoms with Gasteiger partial charge in [0.15, 0.2) is 0 Å². The molecule has 1 aromatic rings. The molecule has 2 rings (SSSR count). The largest absolute Gasteiger partial charge is 0.369 e. The Hall–Kier alpha value is -1.65. The Kier molecular flexibility index (Phi) is 5.32. The van der Waals surface area contributed by atoms with Gasteiger partial charge in [-0.3, -0.25) is 9.78 Å². The SMILES string of the molecule is CCCNc1cncc(C(=O)NC2CCC(C)CC2)n1. The number of hydrogen-bond donors (Lipinski definition) is 2. The van der Waals surface area contributed by atoms with Gasteiger partial charge in [-0.2, -0.15) is 0 Å².